The number of aromatic nitrogens is 1. The van der Waals surface area contributed by atoms with Gasteiger partial charge in [-0.2, -0.15) is 0 Å². The number of allylic oxidation sites excluding steroid dienone is 1. The molecule has 5 heteroatoms. The standard InChI is InChI=1S/C20H24N2O3/c1-3-13-10-22-9-8-16(13)20(12-23,19(24)25-2)18-15(11-22)14-6-4-5-7-17(14)21-18/h3-7,16,21,23H,8-12H2,1-2H3/b13-3+/t16-,20+/m1/s1. The zero-order valence-corrected chi connectivity index (χ0v) is 14.7. The van der Waals surface area contributed by atoms with E-state index in [4.69, 9.17) is 4.74 Å². The minimum absolute atomic E-state index is 0.0571. The molecule has 0 spiro atoms. The Kier molecular flexibility index (Phi) is 3.93. The number of aromatic amines is 1. The SMILES string of the molecule is C/C=C1\CN2CC[C@H]1[C@](CO)(C(=O)OC)c1[nH]c3ccccc3c1C2. The molecule has 2 N–H and O–H groups in total. The molecule has 2 aromatic rings. The van der Waals surface area contributed by atoms with E-state index in [1.807, 2.05) is 25.1 Å². The summed E-state index contributed by atoms with van der Waals surface area (Å²) in [4.78, 5) is 18.9. The third-order valence-electron chi connectivity index (χ3n) is 5.99. The number of H-pyrrole nitrogens is 1. The van der Waals surface area contributed by atoms with E-state index in [1.165, 1.54) is 12.7 Å². The maximum absolute atomic E-state index is 13.0. The van der Waals surface area contributed by atoms with E-state index in [2.05, 4.69) is 22.0 Å². The highest BCUT2D eigenvalue weighted by molar-refractivity contribution is 5.91. The number of fused-ring (bicyclic) bond motifs is 3. The van der Waals surface area contributed by atoms with Gasteiger partial charge in [-0.15, -0.1) is 0 Å². The maximum Gasteiger partial charge on any atom is 0.320 e. The number of aliphatic hydroxyl groups excluding tert-OH is 1. The highest BCUT2D eigenvalue weighted by atomic mass is 16.5. The number of nitrogens with zero attached hydrogens (tertiary/aromatic N) is 1. The molecule has 5 rings (SSSR count). The zero-order valence-electron chi connectivity index (χ0n) is 14.7. The molecule has 132 valence electrons. The molecular weight excluding hydrogens is 316 g/mol. The highest BCUT2D eigenvalue weighted by Gasteiger charge is 2.54. The third-order valence-corrected chi connectivity index (χ3v) is 5.99. The quantitative estimate of drug-likeness (QED) is 0.651. The van der Waals surface area contributed by atoms with Crippen molar-refractivity contribution in [2.75, 3.05) is 26.8 Å². The molecule has 1 fully saturated rings. The number of piperidine rings is 1. The smallest absolute Gasteiger partial charge is 0.320 e. The molecule has 5 nitrogen and oxygen atoms in total. The Hall–Kier alpha value is -2.11. The summed E-state index contributed by atoms with van der Waals surface area (Å²) in [5.41, 5.74) is 3.05. The van der Waals surface area contributed by atoms with Crippen LogP contribution in [0.2, 0.25) is 0 Å². The molecule has 0 aliphatic carbocycles. The number of para-hydroxylation sites is 1. The van der Waals surface area contributed by atoms with Crippen LogP contribution in [0.25, 0.3) is 10.9 Å². The summed E-state index contributed by atoms with van der Waals surface area (Å²) >= 11 is 0. The number of methoxy groups -OCH3 is 1. The van der Waals surface area contributed by atoms with Gasteiger partial charge in [0.15, 0.2) is 0 Å². The van der Waals surface area contributed by atoms with Crippen LogP contribution in [0.3, 0.4) is 0 Å². The summed E-state index contributed by atoms with van der Waals surface area (Å²) in [5.74, 6) is -0.416. The van der Waals surface area contributed by atoms with Crippen LogP contribution in [-0.4, -0.2) is 47.8 Å². The van der Waals surface area contributed by atoms with Gasteiger partial charge in [0.25, 0.3) is 0 Å². The molecule has 4 heterocycles. The fraction of sp³-hybridized carbons (Fsp3) is 0.450. The van der Waals surface area contributed by atoms with Gasteiger partial charge in [0.1, 0.15) is 5.41 Å². The Bertz CT molecular complexity index is 854. The van der Waals surface area contributed by atoms with Crippen LogP contribution in [0, 0.1) is 5.92 Å². The molecule has 0 radical (unpaired) electrons. The van der Waals surface area contributed by atoms with Gasteiger partial charge < -0.3 is 14.8 Å². The molecule has 1 unspecified atom stereocenters. The second kappa shape index (κ2) is 6.00. The number of ether oxygens (including phenoxy) is 1. The summed E-state index contributed by atoms with van der Waals surface area (Å²) in [6.45, 7) is 4.27. The second-order valence-corrected chi connectivity index (χ2v) is 7.06. The third kappa shape index (κ3) is 2.19. The van der Waals surface area contributed by atoms with Crippen molar-refractivity contribution in [3.05, 3.63) is 47.2 Å². The monoisotopic (exact) mass is 340 g/mol. The molecular formula is C20H24N2O3. The zero-order chi connectivity index (χ0) is 17.6. The van der Waals surface area contributed by atoms with Crippen molar-refractivity contribution in [1.82, 2.24) is 9.88 Å². The first-order valence-electron chi connectivity index (χ1n) is 8.82. The van der Waals surface area contributed by atoms with Crippen LogP contribution in [0.1, 0.15) is 24.6 Å². The van der Waals surface area contributed by atoms with Gasteiger partial charge in [0.05, 0.1) is 13.7 Å². The van der Waals surface area contributed by atoms with E-state index in [0.29, 0.717) is 0 Å². The predicted molar refractivity (Wildman–Crippen MR) is 96.2 cm³/mol. The summed E-state index contributed by atoms with van der Waals surface area (Å²) in [5, 5.41) is 11.6. The van der Waals surface area contributed by atoms with Crippen LogP contribution >= 0.6 is 0 Å². The lowest BCUT2D eigenvalue weighted by atomic mass is 9.65. The van der Waals surface area contributed by atoms with Crippen molar-refractivity contribution in [2.24, 2.45) is 5.92 Å². The molecule has 1 aromatic carbocycles. The van der Waals surface area contributed by atoms with Gasteiger partial charge in [-0.3, -0.25) is 9.69 Å². The lowest BCUT2D eigenvalue weighted by molar-refractivity contribution is -0.152. The highest BCUT2D eigenvalue weighted by Crippen LogP contribution is 2.47. The first-order chi connectivity index (χ1) is 12.2. The molecule has 3 aliphatic heterocycles. The summed E-state index contributed by atoms with van der Waals surface area (Å²) in [6, 6.07) is 8.10. The molecule has 3 atom stereocenters. The Morgan fingerprint density at radius 1 is 1.44 bits per heavy atom. The van der Waals surface area contributed by atoms with Crippen molar-refractivity contribution in [3.8, 4) is 0 Å². The van der Waals surface area contributed by atoms with Gasteiger partial charge in [0, 0.05) is 35.6 Å². The number of carbonyl (C=O) groups excluding carboxylic acids is 1. The van der Waals surface area contributed by atoms with Gasteiger partial charge in [-0.05, 0) is 31.5 Å². The topological polar surface area (TPSA) is 65.6 Å². The van der Waals surface area contributed by atoms with E-state index in [9.17, 15) is 9.90 Å². The van der Waals surface area contributed by atoms with E-state index >= 15 is 0 Å². The Labute approximate surface area is 147 Å². The van der Waals surface area contributed by atoms with Crippen molar-refractivity contribution >= 4 is 16.9 Å². The maximum atomic E-state index is 13.0. The molecule has 1 aromatic heterocycles. The fourth-order valence-corrected chi connectivity index (χ4v) is 4.76. The lowest BCUT2D eigenvalue weighted by Gasteiger charge is -2.46. The minimum Gasteiger partial charge on any atom is -0.468 e. The normalized spacial score (nSPS) is 30.1. The number of esters is 1. The molecule has 0 amide bonds. The number of benzene rings is 1. The number of carbonyl (C=O) groups is 1. The molecule has 0 saturated carbocycles. The average Bonchev–Trinajstić information content (AvgIpc) is 2.99. The lowest BCUT2D eigenvalue weighted by Crippen LogP contribution is -2.54. The fourth-order valence-electron chi connectivity index (χ4n) is 4.76. The largest absolute Gasteiger partial charge is 0.468 e. The van der Waals surface area contributed by atoms with Crippen molar-refractivity contribution in [3.63, 3.8) is 0 Å². The number of hydrogen-bond acceptors (Lipinski definition) is 4. The van der Waals surface area contributed by atoms with Crippen molar-refractivity contribution < 1.29 is 14.6 Å². The Balaban J connectivity index is 2.06. The van der Waals surface area contributed by atoms with Crippen LogP contribution < -0.4 is 0 Å². The van der Waals surface area contributed by atoms with Crippen LogP contribution in [0.15, 0.2) is 35.9 Å². The molecule has 1 saturated heterocycles. The van der Waals surface area contributed by atoms with Gasteiger partial charge in [-0.25, -0.2) is 0 Å². The number of rotatable bonds is 2. The first-order valence-corrected chi connectivity index (χ1v) is 8.82. The Morgan fingerprint density at radius 2 is 2.24 bits per heavy atom. The summed E-state index contributed by atoms with van der Waals surface area (Å²) in [7, 11) is 1.41. The van der Waals surface area contributed by atoms with Crippen molar-refractivity contribution in [1.29, 1.82) is 0 Å². The predicted octanol–water partition coefficient (Wildman–Crippen LogP) is 2.35. The van der Waals surface area contributed by atoms with Crippen LogP contribution in [0.4, 0.5) is 0 Å². The van der Waals surface area contributed by atoms with E-state index < -0.39 is 5.41 Å². The number of nitrogens with one attached hydrogen (secondary N) is 1. The van der Waals surface area contributed by atoms with Gasteiger partial charge >= 0.3 is 5.97 Å². The Morgan fingerprint density at radius 3 is 2.96 bits per heavy atom. The number of hydrogen-bond donors (Lipinski definition) is 2. The molecule has 25 heavy (non-hydrogen) atoms. The van der Waals surface area contributed by atoms with E-state index in [-0.39, 0.29) is 18.5 Å². The van der Waals surface area contributed by atoms with E-state index in [0.717, 1.165) is 48.2 Å². The minimum atomic E-state index is -1.07. The van der Waals surface area contributed by atoms with Crippen LogP contribution in [0.5, 0.6) is 0 Å². The van der Waals surface area contributed by atoms with E-state index in [1.54, 1.807) is 0 Å². The van der Waals surface area contributed by atoms with Gasteiger partial charge in [0.2, 0.25) is 0 Å². The molecule has 2 bridgehead atoms. The summed E-state index contributed by atoms with van der Waals surface area (Å²) in [6.07, 6.45) is 2.93. The van der Waals surface area contributed by atoms with Crippen LogP contribution in [-0.2, 0) is 21.5 Å². The first kappa shape index (κ1) is 16.4. The van der Waals surface area contributed by atoms with Crippen molar-refractivity contribution in [2.45, 2.75) is 25.3 Å². The average molecular weight is 340 g/mol. The molecule has 3 aliphatic rings. The second-order valence-electron chi connectivity index (χ2n) is 7.06. The summed E-state index contributed by atoms with van der Waals surface area (Å²) < 4.78 is 5.22. The number of aliphatic hydroxyl groups is 1. The van der Waals surface area contributed by atoms with Gasteiger partial charge in [-0.1, -0.05) is 29.8 Å².